The second-order valence-corrected chi connectivity index (χ2v) is 9.70. The first-order chi connectivity index (χ1) is 18.7. The summed E-state index contributed by atoms with van der Waals surface area (Å²) in [6.07, 6.45) is 1.80. The molecule has 182 valence electrons. The predicted octanol–water partition coefficient (Wildman–Crippen LogP) is 8.34. The largest absolute Gasteiger partial charge is 0.251 e. The van der Waals surface area contributed by atoms with Crippen LogP contribution in [0.2, 0.25) is 0 Å². The van der Waals surface area contributed by atoms with Gasteiger partial charge in [0.1, 0.15) is 0 Å². The van der Waals surface area contributed by atoms with Crippen molar-refractivity contribution >= 4 is 43.6 Å². The third-order valence-corrected chi connectivity index (χ3v) is 7.33. The summed E-state index contributed by atoms with van der Waals surface area (Å²) < 4.78 is 0. The number of benzene rings is 3. The SMILES string of the molecule is CCc1ccc2ccc3ccc(-c4cccc(-c5ccc6ccc7ccc(CC)nc7c6n5)c4)nc3c2n1. The second kappa shape index (κ2) is 9.00. The Bertz CT molecular complexity index is 1870. The lowest BCUT2D eigenvalue weighted by molar-refractivity contribution is 1.06. The van der Waals surface area contributed by atoms with Crippen molar-refractivity contribution in [3.8, 4) is 22.5 Å². The highest BCUT2D eigenvalue weighted by Crippen LogP contribution is 2.31. The Balaban J connectivity index is 1.36. The first kappa shape index (κ1) is 22.5. The van der Waals surface area contributed by atoms with Gasteiger partial charge in [0.25, 0.3) is 0 Å². The number of aryl methyl sites for hydroxylation is 2. The molecule has 0 amide bonds. The maximum Gasteiger partial charge on any atom is 0.0972 e. The molecule has 0 aliphatic heterocycles. The quantitative estimate of drug-likeness (QED) is 0.233. The van der Waals surface area contributed by atoms with Crippen molar-refractivity contribution in [1.82, 2.24) is 19.9 Å². The van der Waals surface area contributed by atoms with Crippen LogP contribution in [0.1, 0.15) is 25.2 Å². The number of pyridine rings is 4. The standard InChI is InChI=1S/C34H26N4/c1-3-27-16-12-21-8-10-23-14-18-29(37-33(23)31(21)35-27)25-6-5-7-26(20-25)30-19-15-24-11-9-22-13-17-28(4-2)36-32(22)34(24)38-30/h5-20H,3-4H2,1-2H3. The summed E-state index contributed by atoms with van der Waals surface area (Å²) in [5.74, 6) is 0. The lowest BCUT2D eigenvalue weighted by atomic mass is 10.0. The minimum atomic E-state index is 0.900. The minimum Gasteiger partial charge on any atom is -0.251 e. The van der Waals surface area contributed by atoms with Gasteiger partial charge in [0.15, 0.2) is 0 Å². The van der Waals surface area contributed by atoms with Gasteiger partial charge < -0.3 is 0 Å². The molecule has 7 rings (SSSR count). The molecule has 3 aromatic carbocycles. The first-order valence-corrected chi connectivity index (χ1v) is 13.2. The summed E-state index contributed by atoms with van der Waals surface area (Å²) in [6, 6.07) is 33.9. The van der Waals surface area contributed by atoms with Gasteiger partial charge in [-0.3, -0.25) is 9.97 Å². The van der Waals surface area contributed by atoms with Crippen LogP contribution in [-0.2, 0) is 12.8 Å². The summed E-state index contributed by atoms with van der Waals surface area (Å²) >= 11 is 0. The van der Waals surface area contributed by atoms with E-state index in [2.05, 4.69) is 111 Å². The van der Waals surface area contributed by atoms with Gasteiger partial charge in [0.2, 0.25) is 0 Å². The number of aromatic nitrogens is 4. The second-order valence-electron chi connectivity index (χ2n) is 9.70. The molecule has 0 spiro atoms. The van der Waals surface area contributed by atoms with Gasteiger partial charge in [-0.05, 0) is 43.2 Å². The van der Waals surface area contributed by atoms with Gasteiger partial charge in [-0.15, -0.1) is 0 Å². The van der Waals surface area contributed by atoms with Gasteiger partial charge in [0, 0.05) is 44.1 Å². The Labute approximate surface area is 221 Å². The van der Waals surface area contributed by atoms with E-state index in [1.54, 1.807) is 0 Å². The van der Waals surface area contributed by atoms with Crippen LogP contribution in [-0.4, -0.2) is 19.9 Å². The highest BCUT2D eigenvalue weighted by molar-refractivity contribution is 6.04. The van der Waals surface area contributed by atoms with E-state index in [9.17, 15) is 0 Å². The Kier molecular flexibility index (Phi) is 5.33. The zero-order valence-electron chi connectivity index (χ0n) is 21.4. The molecule has 7 aromatic rings. The topological polar surface area (TPSA) is 51.6 Å². The van der Waals surface area contributed by atoms with Crippen LogP contribution in [0, 0.1) is 0 Å². The van der Waals surface area contributed by atoms with Crippen LogP contribution in [0.15, 0.2) is 97.1 Å². The Morgan fingerprint density at radius 1 is 0.421 bits per heavy atom. The first-order valence-electron chi connectivity index (χ1n) is 13.2. The lowest BCUT2D eigenvalue weighted by Crippen LogP contribution is -1.93. The van der Waals surface area contributed by atoms with Crippen molar-refractivity contribution in [3.63, 3.8) is 0 Å². The van der Waals surface area contributed by atoms with Crippen LogP contribution in [0.25, 0.3) is 66.1 Å². The third kappa shape index (κ3) is 3.77. The molecule has 0 unspecified atom stereocenters. The number of hydrogen-bond acceptors (Lipinski definition) is 4. The van der Waals surface area contributed by atoms with E-state index in [0.29, 0.717) is 0 Å². The molecule has 0 N–H and O–H groups in total. The van der Waals surface area contributed by atoms with E-state index >= 15 is 0 Å². The average molecular weight is 491 g/mol. The lowest BCUT2D eigenvalue weighted by Gasteiger charge is -2.10. The highest BCUT2D eigenvalue weighted by Gasteiger charge is 2.11. The summed E-state index contributed by atoms with van der Waals surface area (Å²) in [4.78, 5) is 20.0. The summed E-state index contributed by atoms with van der Waals surface area (Å²) in [7, 11) is 0. The fourth-order valence-corrected chi connectivity index (χ4v) is 5.17. The normalized spacial score (nSPS) is 11.6. The molecule has 0 saturated heterocycles. The molecule has 4 aromatic heterocycles. The number of hydrogen-bond donors (Lipinski definition) is 0. The van der Waals surface area contributed by atoms with Gasteiger partial charge in [-0.25, -0.2) is 9.97 Å². The van der Waals surface area contributed by atoms with E-state index in [-0.39, 0.29) is 0 Å². The number of nitrogens with zero attached hydrogens (tertiary/aromatic N) is 4. The van der Waals surface area contributed by atoms with Crippen molar-refractivity contribution in [2.45, 2.75) is 26.7 Å². The zero-order valence-corrected chi connectivity index (χ0v) is 21.4. The molecule has 0 aliphatic rings. The average Bonchev–Trinajstić information content (AvgIpc) is 2.99. The van der Waals surface area contributed by atoms with Gasteiger partial charge in [-0.1, -0.05) is 80.6 Å². The maximum atomic E-state index is 5.10. The molecule has 0 atom stereocenters. The molecule has 0 aliphatic carbocycles. The maximum absolute atomic E-state index is 5.10. The monoisotopic (exact) mass is 490 g/mol. The van der Waals surface area contributed by atoms with Crippen molar-refractivity contribution in [2.75, 3.05) is 0 Å². The molecule has 4 heteroatoms. The van der Waals surface area contributed by atoms with Crippen LogP contribution in [0.4, 0.5) is 0 Å². The molecule has 0 radical (unpaired) electrons. The molecule has 0 fully saturated rings. The summed E-state index contributed by atoms with van der Waals surface area (Å²) in [6.45, 7) is 4.26. The van der Waals surface area contributed by atoms with Gasteiger partial charge in [0.05, 0.1) is 33.5 Å². The highest BCUT2D eigenvalue weighted by atomic mass is 14.8. The predicted molar refractivity (Wildman–Crippen MR) is 157 cm³/mol. The Morgan fingerprint density at radius 2 is 0.789 bits per heavy atom. The number of rotatable bonds is 4. The Hall–Kier alpha value is -4.70. The van der Waals surface area contributed by atoms with E-state index in [4.69, 9.17) is 19.9 Å². The van der Waals surface area contributed by atoms with E-state index in [1.807, 2.05) is 0 Å². The molecule has 38 heavy (non-hydrogen) atoms. The van der Waals surface area contributed by atoms with Crippen LogP contribution >= 0.6 is 0 Å². The molecular formula is C34H26N4. The number of fused-ring (bicyclic) bond motifs is 6. The molecule has 4 heterocycles. The van der Waals surface area contributed by atoms with Crippen molar-refractivity contribution in [3.05, 3.63) is 108 Å². The fourth-order valence-electron chi connectivity index (χ4n) is 5.17. The fraction of sp³-hybridized carbons (Fsp3) is 0.118. The van der Waals surface area contributed by atoms with Crippen LogP contribution < -0.4 is 0 Å². The minimum absolute atomic E-state index is 0.900. The van der Waals surface area contributed by atoms with Gasteiger partial charge >= 0.3 is 0 Å². The molecular weight excluding hydrogens is 464 g/mol. The van der Waals surface area contributed by atoms with Crippen molar-refractivity contribution in [1.29, 1.82) is 0 Å². The zero-order chi connectivity index (χ0) is 25.6. The molecule has 0 saturated carbocycles. The van der Waals surface area contributed by atoms with Crippen molar-refractivity contribution in [2.24, 2.45) is 0 Å². The third-order valence-electron chi connectivity index (χ3n) is 7.33. The van der Waals surface area contributed by atoms with E-state index in [0.717, 1.165) is 90.4 Å². The smallest absolute Gasteiger partial charge is 0.0972 e. The van der Waals surface area contributed by atoms with Gasteiger partial charge in [-0.2, -0.15) is 0 Å². The van der Waals surface area contributed by atoms with E-state index < -0.39 is 0 Å². The van der Waals surface area contributed by atoms with Crippen molar-refractivity contribution < 1.29 is 0 Å². The van der Waals surface area contributed by atoms with E-state index in [1.165, 1.54) is 0 Å². The Morgan fingerprint density at radius 3 is 1.21 bits per heavy atom. The van der Waals surface area contributed by atoms with Crippen LogP contribution in [0.5, 0.6) is 0 Å². The molecule has 0 bridgehead atoms. The van der Waals surface area contributed by atoms with Crippen LogP contribution in [0.3, 0.4) is 0 Å². The summed E-state index contributed by atoms with van der Waals surface area (Å²) in [5.41, 5.74) is 9.92. The summed E-state index contributed by atoms with van der Waals surface area (Å²) in [5, 5.41) is 4.42. The molecule has 4 nitrogen and oxygen atoms in total.